The zero-order valence-electron chi connectivity index (χ0n) is 10.7. The van der Waals surface area contributed by atoms with Gasteiger partial charge in [0.05, 0.1) is 0 Å². The number of nitrogens with one attached hydrogen (secondary N) is 1. The van der Waals surface area contributed by atoms with Crippen LogP contribution in [-0.4, -0.2) is 26.3 Å². The van der Waals surface area contributed by atoms with Crippen LogP contribution in [-0.2, 0) is 11.2 Å². The van der Waals surface area contributed by atoms with Crippen molar-refractivity contribution in [3.63, 3.8) is 0 Å². The van der Waals surface area contributed by atoms with E-state index in [9.17, 15) is 4.39 Å². The van der Waals surface area contributed by atoms with Gasteiger partial charge in [-0.1, -0.05) is 19.1 Å². The second-order valence-corrected chi connectivity index (χ2v) is 4.22. The zero-order chi connectivity index (χ0) is 12.5. The Morgan fingerprint density at radius 2 is 2.24 bits per heavy atom. The number of hydrogen-bond donors (Lipinski definition) is 1. The van der Waals surface area contributed by atoms with Gasteiger partial charge in [0, 0.05) is 19.8 Å². The molecule has 1 aromatic rings. The fraction of sp³-hybridized carbons (Fsp3) is 0.571. The van der Waals surface area contributed by atoms with Crippen LogP contribution in [0.2, 0.25) is 0 Å². The van der Waals surface area contributed by atoms with Crippen molar-refractivity contribution in [2.75, 3.05) is 20.3 Å². The predicted molar refractivity (Wildman–Crippen MR) is 68.7 cm³/mol. The van der Waals surface area contributed by atoms with E-state index in [2.05, 4.69) is 12.2 Å². The average molecular weight is 239 g/mol. The zero-order valence-corrected chi connectivity index (χ0v) is 10.7. The van der Waals surface area contributed by atoms with Crippen molar-refractivity contribution >= 4 is 0 Å². The SMILES string of the molecule is CCNC(CCCOC)Cc1cccc(F)c1. The molecule has 0 saturated carbocycles. The van der Waals surface area contributed by atoms with E-state index in [4.69, 9.17) is 4.74 Å². The molecule has 0 amide bonds. The molecule has 0 radical (unpaired) electrons. The minimum absolute atomic E-state index is 0.158. The summed E-state index contributed by atoms with van der Waals surface area (Å²) in [5.41, 5.74) is 1.05. The van der Waals surface area contributed by atoms with E-state index in [0.717, 1.165) is 38.0 Å². The summed E-state index contributed by atoms with van der Waals surface area (Å²) in [6.45, 7) is 3.81. The van der Waals surface area contributed by atoms with Crippen LogP contribution in [0, 0.1) is 5.82 Å². The standard InChI is InChI=1S/C14H22FNO/c1-3-16-14(8-5-9-17-2)11-12-6-4-7-13(15)10-12/h4,6-7,10,14,16H,3,5,8-9,11H2,1-2H3. The maximum Gasteiger partial charge on any atom is 0.123 e. The first-order valence-electron chi connectivity index (χ1n) is 6.23. The summed E-state index contributed by atoms with van der Waals surface area (Å²) in [7, 11) is 1.72. The molecule has 0 aliphatic carbocycles. The lowest BCUT2D eigenvalue weighted by atomic mass is 10.0. The van der Waals surface area contributed by atoms with Crippen LogP contribution in [0.25, 0.3) is 0 Å². The lowest BCUT2D eigenvalue weighted by Crippen LogP contribution is -2.31. The van der Waals surface area contributed by atoms with E-state index in [0.29, 0.717) is 6.04 Å². The van der Waals surface area contributed by atoms with Gasteiger partial charge in [-0.15, -0.1) is 0 Å². The smallest absolute Gasteiger partial charge is 0.123 e. The molecule has 0 aliphatic heterocycles. The van der Waals surface area contributed by atoms with E-state index >= 15 is 0 Å². The van der Waals surface area contributed by atoms with Crippen LogP contribution >= 0.6 is 0 Å². The Balaban J connectivity index is 2.47. The first-order valence-corrected chi connectivity index (χ1v) is 6.23. The van der Waals surface area contributed by atoms with Gasteiger partial charge in [0.2, 0.25) is 0 Å². The molecule has 0 aliphatic rings. The summed E-state index contributed by atoms with van der Waals surface area (Å²) in [4.78, 5) is 0. The van der Waals surface area contributed by atoms with Gasteiger partial charge in [0.1, 0.15) is 5.82 Å². The van der Waals surface area contributed by atoms with Gasteiger partial charge in [-0.05, 0) is 43.5 Å². The third kappa shape index (κ3) is 5.80. The molecule has 17 heavy (non-hydrogen) atoms. The molecule has 0 heterocycles. The summed E-state index contributed by atoms with van der Waals surface area (Å²) in [5.74, 6) is -0.158. The van der Waals surface area contributed by atoms with E-state index in [-0.39, 0.29) is 5.82 Å². The molecule has 0 fully saturated rings. The Bertz CT molecular complexity index is 317. The Morgan fingerprint density at radius 3 is 2.88 bits per heavy atom. The summed E-state index contributed by atoms with van der Waals surface area (Å²) in [6.07, 6.45) is 2.96. The molecular weight excluding hydrogens is 217 g/mol. The number of ether oxygens (including phenoxy) is 1. The Morgan fingerprint density at radius 1 is 1.41 bits per heavy atom. The molecule has 0 spiro atoms. The Labute approximate surface area is 103 Å². The molecule has 3 heteroatoms. The lowest BCUT2D eigenvalue weighted by Gasteiger charge is -2.17. The molecule has 2 nitrogen and oxygen atoms in total. The van der Waals surface area contributed by atoms with Gasteiger partial charge in [-0.2, -0.15) is 0 Å². The number of methoxy groups -OCH3 is 1. The molecule has 0 bridgehead atoms. The summed E-state index contributed by atoms with van der Waals surface area (Å²) in [6, 6.07) is 7.24. The average Bonchev–Trinajstić information content (AvgIpc) is 2.29. The van der Waals surface area contributed by atoms with Crippen molar-refractivity contribution in [3.05, 3.63) is 35.6 Å². The molecule has 0 saturated heterocycles. The number of benzene rings is 1. The molecule has 1 aromatic carbocycles. The first-order chi connectivity index (χ1) is 8.26. The van der Waals surface area contributed by atoms with E-state index in [1.54, 1.807) is 19.2 Å². The van der Waals surface area contributed by atoms with Crippen LogP contribution in [0.4, 0.5) is 4.39 Å². The predicted octanol–water partition coefficient (Wildman–Crippen LogP) is 2.77. The Hall–Kier alpha value is -0.930. The van der Waals surface area contributed by atoms with Crippen molar-refractivity contribution in [1.82, 2.24) is 5.32 Å². The molecule has 0 aromatic heterocycles. The van der Waals surface area contributed by atoms with Crippen LogP contribution in [0.3, 0.4) is 0 Å². The highest BCUT2D eigenvalue weighted by atomic mass is 19.1. The second-order valence-electron chi connectivity index (χ2n) is 4.22. The number of hydrogen-bond acceptors (Lipinski definition) is 2. The van der Waals surface area contributed by atoms with Crippen molar-refractivity contribution in [1.29, 1.82) is 0 Å². The van der Waals surface area contributed by atoms with Gasteiger partial charge in [0.25, 0.3) is 0 Å². The lowest BCUT2D eigenvalue weighted by molar-refractivity contribution is 0.188. The summed E-state index contributed by atoms with van der Waals surface area (Å²) in [5, 5.41) is 3.43. The van der Waals surface area contributed by atoms with E-state index in [1.807, 2.05) is 6.07 Å². The maximum absolute atomic E-state index is 13.1. The highest BCUT2D eigenvalue weighted by Crippen LogP contribution is 2.09. The summed E-state index contributed by atoms with van der Waals surface area (Å²) >= 11 is 0. The molecule has 1 unspecified atom stereocenters. The van der Waals surface area contributed by atoms with Crippen molar-refractivity contribution < 1.29 is 9.13 Å². The molecule has 1 N–H and O–H groups in total. The minimum Gasteiger partial charge on any atom is -0.385 e. The fourth-order valence-corrected chi connectivity index (χ4v) is 1.99. The van der Waals surface area contributed by atoms with Crippen molar-refractivity contribution in [2.24, 2.45) is 0 Å². The number of halogens is 1. The highest BCUT2D eigenvalue weighted by Gasteiger charge is 2.08. The molecule has 1 rings (SSSR count). The van der Waals surface area contributed by atoms with Gasteiger partial charge in [-0.25, -0.2) is 4.39 Å². The maximum atomic E-state index is 13.1. The van der Waals surface area contributed by atoms with E-state index in [1.165, 1.54) is 6.07 Å². The largest absolute Gasteiger partial charge is 0.385 e. The quantitative estimate of drug-likeness (QED) is 0.704. The monoisotopic (exact) mass is 239 g/mol. The van der Waals surface area contributed by atoms with Crippen LogP contribution < -0.4 is 5.32 Å². The third-order valence-electron chi connectivity index (χ3n) is 2.76. The van der Waals surface area contributed by atoms with Gasteiger partial charge >= 0.3 is 0 Å². The Kier molecular flexibility index (Phi) is 6.82. The van der Waals surface area contributed by atoms with Crippen LogP contribution in [0.1, 0.15) is 25.3 Å². The van der Waals surface area contributed by atoms with Crippen LogP contribution in [0.5, 0.6) is 0 Å². The van der Waals surface area contributed by atoms with Crippen LogP contribution in [0.15, 0.2) is 24.3 Å². The van der Waals surface area contributed by atoms with Crippen molar-refractivity contribution in [3.8, 4) is 0 Å². The minimum atomic E-state index is -0.158. The first kappa shape index (κ1) is 14.1. The summed E-state index contributed by atoms with van der Waals surface area (Å²) < 4.78 is 18.1. The van der Waals surface area contributed by atoms with Gasteiger partial charge in [0.15, 0.2) is 0 Å². The highest BCUT2D eigenvalue weighted by molar-refractivity contribution is 5.17. The number of likely N-dealkylation sites (N-methyl/N-ethyl adjacent to an activating group) is 1. The van der Waals surface area contributed by atoms with E-state index < -0.39 is 0 Å². The second kappa shape index (κ2) is 8.20. The van der Waals surface area contributed by atoms with Crippen molar-refractivity contribution in [2.45, 2.75) is 32.2 Å². The molecule has 96 valence electrons. The number of rotatable bonds is 8. The molecule has 1 atom stereocenters. The van der Waals surface area contributed by atoms with Gasteiger partial charge < -0.3 is 10.1 Å². The topological polar surface area (TPSA) is 21.3 Å². The third-order valence-corrected chi connectivity index (χ3v) is 2.76. The van der Waals surface area contributed by atoms with Gasteiger partial charge in [-0.3, -0.25) is 0 Å². The normalized spacial score (nSPS) is 12.6. The molecular formula is C14H22FNO. The fourth-order valence-electron chi connectivity index (χ4n) is 1.99.